The molecule has 2 N–H and O–H groups in total. The molecule has 2 aromatic rings. The molecule has 2 atom stereocenters. The first-order valence-electron chi connectivity index (χ1n) is 10.8. The molecule has 0 spiro atoms. The number of amides is 1. The molecule has 1 amide bonds. The Morgan fingerprint density at radius 2 is 1.79 bits per heavy atom. The number of halogens is 3. The SMILES string of the molecule is CCC[C@H](N[C@@H](c1ccc(-c2ccc3c(c2)OCO3)cc1)C(F)(F)F)C(=O)NC1(C#N)CC1. The molecule has 6 nitrogen and oxygen atoms in total. The molecule has 0 saturated heterocycles. The quantitative estimate of drug-likeness (QED) is 0.602. The Labute approximate surface area is 189 Å². The molecule has 9 heteroatoms. The van der Waals surface area contributed by atoms with Crippen LogP contribution in [0.3, 0.4) is 0 Å². The molecule has 2 aliphatic rings. The number of ether oxygens (including phenoxy) is 2. The maximum Gasteiger partial charge on any atom is 0.407 e. The molecule has 2 aromatic carbocycles. The third kappa shape index (κ3) is 5.06. The fourth-order valence-electron chi connectivity index (χ4n) is 3.82. The van der Waals surface area contributed by atoms with Crippen molar-refractivity contribution >= 4 is 5.91 Å². The normalized spacial score (nSPS) is 17.7. The van der Waals surface area contributed by atoms with Crippen molar-refractivity contribution in [1.82, 2.24) is 10.6 Å². The predicted molar refractivity (Wildman–Crippen MR) is 114 cm³/mol. The molecule has 1 fully saturated rings. The van der Waals surface area contributed by atoms with Crippen LogP contribution in [0.2, 0.25) is 0 Å². The van der Waals surface area contributed by atoms with Gasteiger partial charge in [-0.05, 0) is 48.1 Å². The highest BCUT2D eigenvalue weighted by Gasteiger charge is 2.47. The number of nitrogens with zero attached hydrogens (tertiary/aromatic N) is 1. The topological polar surface area (TPSA) is 83.4 Å². The third-order valence-corrected chi connectivity index (χ3v) is 5.87. The van der Waals surface area contributed by atoms with Crippen LogP contribution in [-0.2, 0) is 4.79 Å². The van der Waals surface area contributed by atoms with E-state index < -0.39 is 29.7 Å². The molecular weight excluding hydrogens is 435 g/mol. The zero-order valence-corrected chi connectivity index (χ0v) is 18.0. The van der Waals surface area contributed by atoms with Gasteiger partial charge in [-0.3, -0.25) is 10.1 Å². The molecule has 0 radical (unpaired) electrons. The van der Waals surface area contributed by atoms with Gasteiger partial charge in [0.2, 0.25) is 12.7 Å². The zero-order chi connectivity index (χ0) is 23.6. The fraction of sp³-hybridized carbons (Fsp3) is 0.417. The van der Waals surface area contributed by atoms with Crippen LogP contribution in [0.1, 0.15) is 44.2 Å². The number of hydrogen-bond donors (Lipinski definition) is 2. The molecule has 0 aromatic heterocycles. The van der Waals surface area contributed by atoms with E-state index in [0.29, 0.717) is 30.8 Å². The van der Waals surface area contributed by atoms with Gasteiger partial charge in [0.25, 0.3) is 0 Å². The van der Waals surface area contributed by atoms with Gasteiger partial charge >= 0.3 is 6.18 Å². The monoisotopic (exact) mass is 459 g/mol. The Kier molecular flexibility index (Phi) is 6.21. The second-order valence-corrected chi connectivity index (χ2v) is 8.36. The summed E-state index contributed by atoms with van der Waals surface area (Å²) in [5.41, 5.74) is 0.578. The Balaban J connectivity index is 1.54. The van der Waals surface area contributed by atoms with Crippen LogP contribution in [0.25, 0.3) is 11.1 Å². The predicted octanol–water partition coefficient (Wildman–Crippen LogP) is 4.62. The first kappa shape index (κ1) is 22.9. The third-order valence-electron chi connectivity index (χ3n) is 5.87. The van der Waals surface area contributed by atoms with Gasteiger partial charge < -0.3 is 14.8 Å². The van der Waals surface area contributed by atoms with E-state index in [0.717, 1.165) is 11.1 Å². The minimum Gasteiger partial charge on any atom is -0.454 e. The smallest absolute Gasteiger partial charge is 0.407 e. The van der Waals surface area contributed by atoms with Gasteiger partial charge in [0.15, 0.2) is 11.5 Å². The van der Waals surface area contributed by atoms with Crippen LogP contribution in [0.4, 0.5) is 13.2 Å². The molecule has 33 heavy (non-hydrogen) atoms. The summed E-state index contributed by atoms with van der Waals surface area (Å²) in [6, 6.07) is 10.3. The fourth-order valence-corrected chi connectivity index (χ4v) is 3.82. The highest BCUT2D eigenvalue weighted by Crippen LogP contribution is 2.38. The van der Waals surface area contributed by atoms with Gasteiger partial charge in [-0.1, -0.05) is 43.7 Å². The lowest BCUT2D eigenvalue weighted by Crippen LogP contribution is -2.51. The van der Waals surface area contributed by atoms with Gasteiger partial charge in [-0.15, -0.1) is 0 Å². The van der Waals surface area contributed by atoms with Crippen LogP contribution in [0.15, 0.2) is 42.5 Å². The van der Waals surface area contributed by atoms with E-state index in [9.17, 15) is 23.2 Å². The summed E-state index contributed by atoms with van der Waals surface area (Å²) in [6.45, 7) is 1.93. The largest absolute Gasteiger partial charge is 0.454 e. The second kappa shape index (κ2) is 8.94. The molecule has 1 heterocycles. The number of carbonyl (C=O) groups is 1. The number of carbonyl (C=O) groups excluding carboxylic acids is 1. The standard InChI is InChI=1S/C24H24F3N3O3/c1-2-3-18(22(31)30-23(13-28)10-11-23)29-21(24(25,26)27)16-6-4-15(5-7-16)17-8-9-19-20(12-17)33-14-32-19/h4-9,12,18,21,29H,2-3,10-11,14H2,1H3,(H,30,31)/t18-,21-/m0/s1. The number of fused-ring (bicyclic) bond motifs is 1. The van der Waals surface area contributed by atoms with Crippen LogP contribution in [-0.4, -0.2) is 30.5 Å². The van der Waals surface area contributed by atoms with Crippen LogP contribution in [0, 0.1) is 11.3 Å². The molecule has 0 bridgehead atoms. The summed E-state index contributed by atoms with van der Waals surface area (Å²) in [5.74, 6) is 0.633. The Hall–Kier alpha value is -3.25. The molecular formula is C24H24F3N3O3. The van der Waals surface area contributed by atoms with Crippen molar-refractivity contribution in [1.29, 1.82) is 5.26 Å². The summed E-state index contributed by atoms with van der Waals surface area (Å²) >= 11 is 0. The van der Waals surface area contributed by atoms with E-state index >= 15 is 0 Å². The van der Waals surface area contributed by atoms with Crippen molar-refractivity contribution in [2.45, 2.75) is 56.4 Å². The van der Waals surface area contributed by atoms with Gasteiger partial charge in [0.1, 0.15) is 11.6 Å². The van der Waals surface area contributed by atoms with Gasteiger partial charge in [0, 0.05) is 0 Å². The van der Waals surface area contributed by atoms with E-state index in [-0.39, 0.29) is 18.8 Å². The number of nitriles is 1. The van der Waals surface area contributed by atoms with Crippen LogP contribution >= 0.6 is 0 Å². The lowest BCUT2D eigenvalue weighted by Gasteiger charge is -2.28. The number of benzene rings is 2. The first-order chi connectivity index (χ1) is 15.7. The minimum atomic E-state index is -4.61. The number of rotatable bonds is 8. The van der Waals surface area contributed by atoms with Crippen molar-refractivity contribution in [3.8, 4) is 28.7 Å². The Morgan fingerprint density at radius 3 is 2.39 bits per heavy atom. The molecule has 1 aliphatic carbocycles. The van der Waals surface area contributed by atoms with Gasteiger partial charge in [0.05, 0.1) is 12.1 Å². The van der Waals surface area contributed by atoms with Crippen LogP contribution < -0.4 is 20.1 Å². The number of hydrogen-bond acceptors (Lipinski definition) is 5. The number of alkyl halides is 3. The average molecular weight is 459 g/mol. The zero-order valence-electron chi connectivity index (χ0n) is 18.0. The van der Waals surface area contributed by atoms with E-state index in [1.807, 2.05) is 12.1 Å². The minimum absolute atomic E-state index is 0.00214. The second-order valence-electron chi connectivity index (χ2n) is 8.36. The summed E-state index contributed by atoms with van der Waals surface area (Å²) in [5, 5.41) is 14.3. The molecule has 1 aliphatic heterocycles. The highest BCUT2D eigenvalue weighted by atomic mass is 19.4. The van der Waals surface area contributed by atoms with Crippen molar-refractivity contribution in [2.75, 3.05) is 6.79 Å². The van der Waals surface area contributed by atoms with Gasteiger partial charge in [-0.25, -0.2) is 0 Å². The molecule has 1 saturated carbocycles. The summed E-state index contributed by atoms with van der Waals surface area (Å²) < 4.78 is 52.6. The van der Waals surface area contributed by atoms with Crippen molar-refractivity contribution in [3.05, 3.63) is 48.0 Å². The van der Waals surface area contributed by atoms with E-state index in [1.165, 1.54) is 12.1 Å². The summed E-state index contributed by atoms with van der Waals surface area (Å²) in [4.78, 5) is 12.7. The number of nitrogens with one attached hydrogen (secondary N) is 2. The van der Waals surface area contributed by atoms with Crippen molar-refractivity contribution < 1.29 is 27.4 Å². The summed E-state index contributed by atoms with van der Waals surface area (Å²) in [6.07, 6.45) is -2.86. The van der Waals surface area contributed by atoms with Crippen molar-refractivity contribution in [3.63, 3.8) is 0 Å². The maximum absolute atomic E-state index is 14.0. The highest BCUT2D eigenvalue weighted by molar-refractivity contribution is 5.83. The molecule has 174 valence electrons. The van der Waals surface area contributed by atoms with Gasteiger partial charge in [-0.2, -0.15) is 18.4 Å². The first-order valence-corrected chi connectivity index (χ1v) is 10.8. The van der Waals surface area contributed by atoms with Crippen molar-refractivity contribution in [2.24, 2.45) is 0 Å². The Bertz CT molecular complexity index is 1060. The Morgan fingerprint density at radius 1 is 1.12 bits per heavy atom. The van der Waals surface area contributed by atoms with E-state index in [2.05, 4.69) is 10.6 Å². The molecule has 4 rings (SSSR count). The van der Waals surface area contributed by atoms with E-state index in [4.69, 9.17) is 9.47 Å². The van der Waals surface area contributed by atoms with E-state index in [1.54, 1.807) is 31.2 Å². The maximum atomic E-state index is 14.0. The molecule has 0 unspecified atom stereocenters. The summed E-state index contributed by atoms with van der Waals surface area (Å²) in [7, 11) is 0. The lowest BCUT2D eigenvalue weighted by molar-refractivity contribution is -0.161. The lowest BCUT2D eigenvalue weighted by atomic mass is 9.99. The average Bonchev–Trinajstić information content (AvgIpc) is 3.40. The van der Waals surface area contributed by atoms with Crippen LogP contribution in [0.5, 0.6) is 11.5 Å².